The number of alkyl halides is 2. The molecular weight excluding hydrogens is 301 g/mol. The Morgan fingerprint density at radius 2 is 2.20 bits per heavy atom. The van der Waals surface area contributed by atoms with E-state index in [1.807, 2.05) is 13.0 Å². The van der Waals surface area contributed by atoms with E-state index in [1.165, 1.54) is 0 Å². The van der Waals surface area contributed by atoms with E-state index in [1.54, 1.807) is 12.1 Å². The second-order valence-electron chi connectivity index (χ2n) is 3.07. The first kappa shape index (κ1) is 12.8. The molecule has 0 atom stereocenters. The van der Waals surface area contributed by atoms with Gasteiger partial charge in [-0.3, -0.25) is 4.79 Å². The maximum Gasteiger partial charge on any atom is 0.251 e. The first-order valence-corrected chi connectivity index (χ1v) is 6.00. The zero-order chi connectivity index (χ0) is 11.4. The molecule has 0 spiro atoms. The van der Waals surface area contributed by atoms with Crippen LogP contribution in [0.15, 0.2) is 22.7 Å². The molecule has 0 aliphatic heterocycles. The second-order valence-corrected chi connectivity index (χ2v) is 5.20. The SMILES string of the molecule is Cc1ccc(C(=O)NCC(Cl)Cl)cc1Br. The van der Waals surface area contributed by atoms with Gasteiger partial charge in [-0.2, -0.15) is 0 Å². The fourth-order valence-corrected chi connectivity index (χ4v) is 1.54. The van der Waals surface area contributed by atoms with Gasteiger partial charge in [-0.25, -0.2) is 0 Å². The van der Waals surface area contributed by atoms with Gasteiger partial charge in [-0.15, -0.1) is 23.2 Å². The Morgan fingerprint density at radius 3 is 2.73 bits per heavy atom. The molecule has 0 heterocycles. The lowest BCUT2D eigenvalue weighted by atomic mass is 10.1. The number of rotatable bonds is 3. The van der Waals surface area contributed by atoms with Gasteiger partial charge in [0, 0.05) is 16.6 Å². The number of carbonyl (C=O) groups excluding carboxylic acids is 1. The van der Waals surface area contributed by atoms with Gasteiger partial charge < -0.3 is 5.32 Å². The van der Waals surface area contributed by atoms with Crippen LogP contribution in [0.2, 0.25) is 0 Å². The minimum Gasteiger partial charge on any atom is -0.349 e. The van der Waals surface area contributed by atoms with Gasteiger partial charge in [-0.1, -0.05) is 22.0 Å². The number of nitrogens with one attached hydrogen (secondary N) is 1. The number of amides is 1. The van der Waals surface area contributed by atoms with E-state index in [-0.39, 0.29) is 12.5 Å². The Morgan fingerprint density at radius 1 is 1.53 bits per heavy atom. The lowest BCUT2D eigenvalue weighted by Crippen LogP contribution is -2.27. The van der Waals surface area contributed by atoms with Crippen LogP contribution >= 0.6 is 39.1 Å². The Hall–Kier alpha value is -0.250. The third kappa shape index (κ3) is 4.01. The monoisotopic (exact) mass is 309 g/mol. The van der Waals surface area contributed by atoms with Crippen LogP contribution in [0.25, 0.3) is 0 Å². The third-order valence-corrected chi connectivity index (χ3v) is 3.01. The first-order chi connectivity index (χ1) is 7.00. The molecule has 0 bridgehead atoms. The standard InChI is InChI=1S/C10H10BrCl2NO/c1-6-2-3-7(4-8(6)11)10(15)14-5-9(12)13/h2-4,9H,5H2,1H3,(H,14,15). The van der Waals surface area contributed by atoms with E-state index >= 15 is 0 Å². The summed E-state index contributed by atoms with van der Waals surface area (Å²) in [6, 6.07) is 5.40. The van der Waals surface area contributed by atoms with Gasteiger partial charge in [0.15, 0.2) is 0 Å². The molecule has 1 N–H and O–H groups in total. The van der Waals surface area contributed by atoms with Gasteiger partial charge >= 0.3 is 0 Å². The lowest BCUT2D eigenvalue weighted by molar-refractivity contribution is 0.0955. The molecule has 5 heteroatoms. The van der Waals surface area contributed by atoms with E-state index in [4.69, 9.17) is 23.2 Å². The molecule has 0 aliphatic carbocycles. The largest absolute Gasteiger partial charge is 0.349 e. The zero-order valence-electron chi connectivity index (χ0n) is 8.06. The molecule has 0 saturated heterocycles. The third-order valence-electron chi connectivity index (χ3n) is 1.85. The molecule has 0 unspecified atom stereocenters. The predicted molar refractivity (Wildman–Crippen MR) is 66.7 cm³/mol. The van der Waals surface area contributed by atoms with Crippen LogP contribution in [0, 0.1) is 6.92 Å². The van der Waals surface area contributed by atoms with Crippen molar-refractivity contribution in [2.75, 3.05) is 6.54 Å². The molecule has 0 fully saturated rings. The summed E-state index contributed by atoms with van der Waals surface area (Å²) < 4.78 is 0.906. The fourth-order valence-electron chi connectivity index (χ4n) is 1.01. The summed E-state index contributed by atoms with van der Waals surface area (Å²) in [5.74, 6) is -0.179. The minimum atomic E-state index is -0.581. The predicted octanol–water partition coefficient (Wildman–Crippen LogP) is 3.29. The van der Waals surface area contributed by atoms with E-state index in [0.29, 0.717) is 5.56 Å². The summed E-state index contributed by atoms with van der Waals surface area (Å²) in [5.41, 5.74) is 1.67. The van der Waals surface area contributed by atoms with Gasteiger partial charge in [-0.05, 0) is 24.6 Å². The van der Waals surface area contributed by atoms with Crippen molar-refractivity contribution in [3.63, 3.8) is 0 Å². The molecular formula is C10H10BrCl2NO. The minimum absolute atomic E-state index is 0.179. The van der Waals surface area contributed by atoms with E-state index in [0.717, 1.165) is 10.0 Å². The highest BCUT2D eigenvalue weighted by Gasteiger charge is 2.08. The van der Waals surface area contributed by atoms with E-state index in [9.17, 15) is 4.79 Å². The van der Waals surface area contributed by atoms with E-state index < -0.39 is 4.84 Å². The van der Waals surface area contributed by atoms with Crippen LogP contribution in [0.5, 0.6) is 0 Å². The molecule has 2 nitrogen and oxygen atoms in total. The molecule has 0 radical (unpaired) electrons. The highest BCUT2D eigenvalue weighted by Crippen LogP contribution is 2.17. The van der Waals surface area contributed by atoms with Crippen molar-refractivity contribution >= 4 is 45.0 Å². The molecule has 0 saturated carbocycles. The Balaban J connectivity index is 2.70. The van der Waals surface area contributed by atoms with Gasteiger partial charge in [0.25, 0.3) is 5.91 Å². The first-order valence-electron chi connectivity index (χ1n) is 4.33. The molecule has 1 aromatic carbocycles. The maximum absolute atomic E-state index is 11.6. The normalized spacial score (nSPS) is 10.5. The average Bonchev–Trinajstić information content (AvgIpc) is 2.18. The highest BCUT2D eigenvalue weighted by molar-refractivity contribution is 9.10. The molecule has 15 heavy (non-hydrogen) atoms. The zero-order valence-corrected chi connectivity index (χ0v) is 11.2. The number of aryl methyl sites for hydroxylation is 1. The lowest BCUT2D eigenvalue weighted by Gasteiger charge is -2.06. The smallest absolute Gasteiger partial charge is 0.251 e. The van der Waals surface area contributed by atoms with Gasteiger partial charge in [0.05, 0.1) is 0 Å². The molecule has 0 aliphatic rings. The van der Waals surface area contributed by atoms with Crippen LogP contribution in [-0.4, -0.2) is 17.3 Å². The van der Waals surface area contributed by atoms with Crippen molar-refractivity contribution in [1.29, 1.82) is 0 Å². The van der Waals surface area contributed by atoms with Crippen LogP contribution in [0.1, 0.15) is 15.9 Å². The molecule has 82 valence electrons. The van der Waals surface area contributed by atoms with Crippen molar-refractivity contribution in [2.45, 2.75) is 11.8 Å². The molecule has 1 amide bonds. The van der Waals surface area contributed by atoms with Crippen molar-refractivity contribution in [3.05, 3.63) is 33.8 Å². The van der Waals surface area contributed by atoms with Crippen molar-refractivity contribution in [1.82, 2.24) is 5.32 Å². The van der Waals surface area contributed by atoms with Gasteiger partial charge in [0.1, 0.15) is 4.84 Å². The summed E-state index contributed by atoms with van der Waals surface area (Å²) in [6.07, 6.45) is 0. The maximum atomic E-state index is 11.6. The number of halogens is 3. The Bertz CT molecular complexity index is 368. The number of hydrogen-bond acceptors (Lipinski definition) is 1. The summed E-state index contributed by atoms with van der Waals surface area (Å²) in [6.45, 7) is 2.20. The number of hydrogen-bond donors (Lipinski definition) is 1. The second kappa shape index (κ2) is 5.73. The Labute approximate surface area is 107 Å². The van der Waals surface area contributed by atoms with Crippen LogP contribution in [0.3, 0.4) is 0 Å². The Kier molecular flexibility index (Phi) is 4.90. The van der Waals surface area contributed by atoms with Gasteiger partial charge in [0.2, 0.25) is 0 Å². The van der Waals surface area contributed by atoms with Crippen LogP contribution in [-0.2, 0) is 0 Å². The number of carbonyl (C=O) groups is 1. The average molecular weight is 311 g/mol. The summed E-state index contributed by atoms with van der Waals surface area (Å²) in [7, 11) is 0. The molecule has 1 aromatic rings. The summed E-state index contributed by atoms with van der Waals surface area (Å²) >= 11 is 14.4. The van der Waals surface area contributed by atoms with Crippen molar-refractivity contribution in [2.24, 2.45) is 0 Å². The summed E-state index contributed by atoms with van der Waals surface area (Å²) in [4.78, 5) is 11.0. The molecule has 0 aromatic heterocycles. The number of benzene rings is 1. The van der Waals surface area contributed by atoms with Crippen molar-refractivity contribution < 1.29 is 4.79 Å². The fraction of sp³-hybridized carbons (Fsp3) is 0.300. The summed E-state index contributed by atoms with van der Waals surface area (Å²) in [5, 5.41) is 2.62. The van der Waals surface area contributed by atoms with Crippen LogP contribution < -0.4 is 5.32 Å². The molecule has 1 rings (SSSR count). The quantitative estimate of drug-likeness (QED) is 0.853. The van der Waals surface area contributed by atoms with E-state index in [2.05, 4.69) is 21.2 Å². The van der Waals surface area contributed by atoms with Crippen molar-refractivity contribution in [3.8, 4) is 0 Å². The van der Waals surface area contributed by atoms with Crippen LogP contribution in [0.4, 0.5) is 0 Å². The highest BCUT2D eigenvalue weighted by atomic mass is 79.9. The topological polar surface area (TPSA) is 29.1 Å².